The molecule has 20 heavy (non-hydrogen) atoms. The molecule has 0 bridgehead atoms. The third-order valence-electron chi connectivity index (χ3n) is 3.35. The third-order valence-corrected chi connectivity index (χ3v) is 6.01. The molecule has 0 aliphatic carbocycles. The van der Waals surface area contributed by atoms with E-state index in [1.165, 1.54) is 10.4 Å². The van der Waals surface area contributed by atoms with Gasteiger partial charge >= 0.3 is 0 Å². The van der Waals surface area contributed by atoms with E-state index in [1.807, 2.05) is 11.3 Å². The minimum absolute atomic E-state index is 0.432. The fraction of sp³-hybridized carbons (Fsp3) is 0.267. The minimum atomic E-state index is 0.432. The van der Waals surface area contributed by atoms with Crippen LogP contribution in [0.3, 0.4) is 0 Å². The number of thiophene rings is 2. The summed E-state index contributed by atoms with van der Waals surface area (Å²) in [4.78, 5) is 8.49. The molecule has 0 saturated heterocycles. The second kappa shape index (κ2) is 6.18. The first kappa shape index (κ1) is 13.9. The lowest BCUT2D eigenvalue weighted by Gasteiger charge is -2.22. The standard InChI is InChI=1S/C15H16N2S3/c1-11(14-4-3-6-19-14)17(2)8-13-10-20-15(16-13)12-5-7-18-9-12/h3-7,9-11H,8H2,1-2H3. The predicted molar refractivity (Wildman–Crippen MR) is 89.6 cm³/mol. The first-order valence-corrected chi connectivity index (χ1v) is 9.15. The van der Waals surface area contributed by atoms with Gasteiger partial charge in [0.1, 0.15) is 5.01 Å². The predicted octanol–water partition coefficient (Wildman–Crippen LogP) is 5.13. The van der Waals surface area contributed by atoms with E-state index in [4.69, 9.17) is 4.98 Å². The molecule has 1 atom stereocenters. The second-order valence-electron chi connectivity index (χ2n) is 4.76. The average Bonchev–Trinajstić information content (AvgIpc) is 3.19. The molecule has 0 spiro atoms. The molecule has 0 aromatic carbocycles. The van der Waals surface area contributed by atoms with Crippen LogP contribution in [0.25, 0.3) is 10.6 Å². The highest BCUT2D eigenvalue weighted by molar-refractivity contribution is 7.14. The summed E-state index contributed by atoms with van der Waals surface area (Å²) in [6, 6.07) is 6.87. The first-order chi connectivity index (χ1) is 9.74. The number of rotatable bonds is 5. The highest BCUT2D eigenvalue weighted by Gasteiger charge is 2.14. The maximum atomic E-state index is 4.74. The Bertz CT molecular complexity index is 641. The summed E-state index contributed by atoms with van der Waals surface area (Å²) < 4.78 is 0. The normalized spacial score (nSPS) is 12.9. The van der Waals surface area contributed by atoms with Crippen LogP contribution in [-0.4, -0.2) is 16.9 Å². The van der Waals surface area contributed by atoms with Gasteiger partial charge in [-0.15, -0.1) is 22.7 Å². The highest BCUT2D eigenvalue weighted by Crippen LogP contribution is 2.28. The maximum absolute atomic E-state index is 4.74. The molecule has 5 heteroatoms. The second-order valence-corrected chi connectivity index (χ2v) is 7.38. The van der Waals surface area contributed by atoms with Crippen LogP contribution in [0.15, 0.2) is 39.7 Å². The highest BCUT2D eigenvalue weighted by atomic mass is 32.1. The lowest BCUT2D eigenvalue weighted by molar-refractivity contribution is 0.254. The molecule has 0 fully saturated rings. The van der Waals surface area contributed by atoms with Gasteiger partial charge in [0, 0.05) is 33.8 Å². The van der Waals surface area contributed by atoms with Gasteiger partial charge in [-0.25, -0.2) is 4.98 Å². The quantitative estimate of drug-likeness (QED) is 0.648. The third kappa shape index (κ3) is 3.01. The van der Waals surface area contributed by atoms with E-state index < -0.39 is 0 Å². The van der Waals surface area contributed by atoms with Gasteiger partial charge in [0.2, 0.25) is 0 Å². The smallest absolute Gasteiger partial charge is 0.124 e. The van der Waals surface area contributed by atoms with Crippen LogP contribution in [-0.2, 0) is 6.54 Å². The van der Waals surface area contributed by atoms with Crippen LogP contribution in [0, 0.1) is 0 Å². The lowest BCUT2D eigenvalue weighted by atomic mass is 10.2. The molecule has 1 unspecified atom stereocenters. The van der Waals surface area contributed by atoms with Crippen molar-refractivity contribution in [1.29, 1.82) is 0 Å². The molecule has 0 N–H and O–H groups in total. The van der Waals surface area contributed by atoms with Crippen LogP contribution >= 0.6 is 34.0 Å². The maximum Gasteiger partial charge on any atom is 0.124 e. The Hall–Kier alpha value is -1.01. The number of nitrogens with zero attached hydrogens (tertiary/aromatic N) is 2. The van der Waals surface area contributed by atoms with Gasteiger partial charge in [-0.1, -0.05) is 6.07 Å². The molecule has 3 aromatic rings. The Kier molecular flexibility index (Phi) is 4.31. The molecule has 0 radical (unpaired) electrons. The number of thiazole rings is 1. The zero-order chi connectivity index (χ0) is 13.9. The molecule has 3 rings (SSSR count). The van der Waals surface area contributed by atoms with E-state index in [2.05, 4.69) is 58.6 Å². The van der Waals surface area contributed by atoms with Crippen LogP contribution in [0.1, 0.15) is 23.5 Å². The SMILES string of the molecule is CC(c1cccs1)N(C)Cc1csc(-c2ccsc2)n1. The molecule has 3 aromatic heterocycles. The number of hydrogen-bond donors (Lipinski definition) is 0. The largest absolute Gasteiger partial charge is 0.293 e. The summed E-state index contributed by atoms with van der Waals surface area (Å²) in [6.45, 7) is 3.14. The monoisotopic (exact) mass is 320 g/mol. The molecular weight excluding hydrogens is 304 g/mol. The van der Waals surface area contributed by atoms with Crippen molar-refractivity contribution in [3.8, 4) is 10.6 Å². The van der Waals surface area contributed by atoms with Crippen LogP contribution < -0.4 is 0 Å². The fourth-order valence-corrected chi connectivity index (χ4v) is 4.41. The molecule has 3 heterocycles. The average molecular weight is 321 g/mol. The van der Waals surface area contributed by atoms with Gasteiger partial charge in [0.05, 0.1) is 5.69 Å². The first-order valence-electron chi connectivity index (χ1n) is 6.44. The molecule has 0 aliphatic heterocycles. The van der Waals surface area contributed by atoms with Crippen molar-refractivity contribution in [2.24, 2.45) is 0 Å². The summed E-state index contributed by atoms with van der Waals surface area (Å²) in [5.74, 6) is 0. The van der Waals surface area contributed by atoms with Crippen molar-refractivity contribution in [2.45, 2.75) is 19.5 Å². The topological polar surface area (TPSA) is 16.1 Å². The van der Waals surface area contributed by atoms with E-state index in [0.29, 0.717) is 6.04 Å². The summed E-state index contributed by atoms with van der Waals surface area (Å²) in [5.41, 5.74) is 2.39. The minimum Gasteiger partial charge on any atom is -0.293 e. The summed E-state index contributed by atoms with van der Waals surface area (Å²) >= 11 is 5.26. The Morgan fingerprint density at radius 3 is 2.80 bits per heavy atom. The van der Waals surface area contributed by atoms with Gasteiger partial charge in [-0.05, 0) is 36.9 Å². The van der Waals surface area contributed by atoms with E-state index in [9.17, 15) is 0 Å². The molecule has 104 valence electrons. The van der Waals surface area contributed by atoms with E-state index in [-0.39, 0.29) is 0 Å². The van der Waals surface area contributed by atoms with Crippen molar-refractivity contribution in [2.75, 3.05) is 7.05 Å². The molecule has 0 aliphatic rings. The molecule has 0 amide bonds. The summed E-state index contributed by atoms with van der Waals surface area (Å²) in [7, 11) is 2.16. The van der Waals surface area contributed by atoms with E-state index in [1.54, 1.807) is 22.7 Å². The van der Waals surface area contributed by atoms with Gasteiger partial charge in [0.15, 0.2) is 0 Å². The Labute approximate surface area is 131 Å². The Balaban J connectivity index is 1.69. The summed E-state index contributed by atoms with van der Waals surface area (Å²) in [6.07, 6.45) is 0. The fourth-order valence-electron chi connectivity index (χ4n) is 2.04. The van der Waals surface area contributed by atoms with Crippen molar-refractivity contribution in [3.05, 3.63) is 50.3 Å². The van der Waals surface area contributed by atoms with Crippen molar-refractivity contribution < 1.29 is 0 Å². The van der Waals surface area contributed by atoms with Gasteiger partial charge < -0.3 is 0 Å². The van der Waals surface area contributed by atoms with Crippen molar-refractivity contribution in [1.82, 2.24) is 9.88 Å². The number of aromatic nitrogens is 1. The molecule has 2 nitrogen and oxygen atoms in total. The van der Waals surface area contributed by atoms with Gasteiger partial charge in [-0.3, -0.25) is 4.90 Å². The van der Waals surface area contributed by atoms with Crippen LogP contribution in [0.4, 0.5) is 0 Å². The van der Waals surface area contributed by atoms with Crippen LogP contribution in [0.5, 0.6) is 0 Å². The van der Waals surface area contributed by atoms with E-state index in [0.717, 1.165) is 17.2 Å². The van der Waals surface area contributed by atoms with Crippen molar-refractivity contribution in [3.63, 3.8) is 0 Å². The lowest BCUT2D eigenvalue weighted by Crippen LogP contribution is -2.21. The molecule has 0 saturated carbocycles. The van der Waals surface area contributed by atoms with E-state index >= 15 is 0 Å². The zero-order valence-corrected chi connectivity index (χ0v) is 13.9. The number of hydrogen-bond acceptors (Lipinski definition) is 5. The van der Waals surface area contributed by atoms with Crippen LogP contribution in [0.2, 0.25) is 0 Å². The Morgan fingerprint density at radius 1 is 1.20 bits per heavy atom. The molecular formula is C15H16N2S3. The zero-order valence-electron chi connectivity index (χ0n) is 11.4. The Morgan fingerprint density at radius 2 is 2.10 bits per heavy atom. The van der Waals surface area contributed by atoms with Gasteiger partial charge in [-0.2, -0.15) is 11.3 Å². The summed E-state index contributed by atoms with van der Waals surface area (Å²) in [5, 5.41) is 9.68. The van der Waals surface area contributed by atoms with Crippen molar-refractivity contribution >= 4 is 34.0 Å². The van der Waals surface area contributed by atoms with Gasteiger partial charge in [0.25, 0.3) is 0 Å².